The molecule has 4 nitrogen and oxygen atoms in total. The molecular formula is C20H27N3O. The minimum Gasteiger partial charge on any atom is -0.343 e. The van der Waals surface area contributed by atoms with Crippen molar-refractivity contribution in [3.63, 3.8) is 0 Å². The van der Waals surface area contributed by atoms with Gasteiger partial charge in [0, 0.05) is 25.4 Å². The highest BCUT2D eigenvalue weighted by Crippen LogP contribution is 2.30. The first-order chi connectivity index (χ1) is 11.8. The van der Waals surface area contributed by atoms with E-state index in [2.05, 4.69) is 22.0 Å². The molecule has 2 fully saturated rings. The van der Waals surface area contributed by atoms with Crippen LogP contribution in [0.5, 0.6) is 0 Å². The zero-order chi connectivity index (χ0) is 16.4. The fourth-order valence-corrected chi connectivity index (χ4v) is 4.34. The van der Waals surface area contributed by atoms with Crippen LogP contribution in [0.3, 0.4) is 0 Å². The largest absolute Gasteiger partial charge is 0.343 e. The molecule has 4 rings (SSSR count). The lowest BCUT2D eigenvalue weighted by Crippen LogP contribution is -2.39. The minimum atomic E-state index is 0.380. The summed E-state index contributed by atoms with van der Waals surface area (Å²) in [5.74, 6) is 2.57. The number of H-pyrrole nitrogens is 1. The Balaban J connectivity index is 1.33. The molecule has 0 unspecified atom stereocenters. The molecule has 1 saturated heterocycles. The predicted octanol–water partition coefficient (Wildman–Crippen LogP) is 4.24. The Hall–Kier alpha value is -1.84. The van der Waals surface area contributed by atoms with Crippen molar-refractivity contribution in [3.8, 4) is 0 Å². The Kier molecular flexibility index (Phi) is 4.54. The third-order valence-corrected chi connectivity index (χ3v) is 5.83. The Morgan fingerprint density at radius 3 is 2.58 bits per heavy atom. The van der Waals surface area contributed by atoms with Gasteiger partial charge in [0.1, 0.15) is 5.82 Å². The van der Waals surface area contributed by atoms with Gasteiger partial charge in [-0.15, -0.1) is 0 Å². The minimum absolute atomic E-state index is 0.380. The van der Waals surface area contributed by atoms with Crippen molar-refractivity contribution < 1.29 is 4.79 Å². The molecule has 1 saturated carbocycles. The number of nitrogens with one attached hydrogen (secondary N) is 1. The van der Waals surface area contributed by atoms with Gasteiger partial charge in [-0.05, 0) is 43.7 Å². The number of benzene rings is 1. The van der Waals surface area contributed by atoms with Gasteiger partial charge in [0.25, 0.3) is 0 Å². The first-order valence-corrected chi connectivity index (χ1v) is 9.52. The fraction of sp³-hybridized carbons (Fsp3) is 0.600. The average molecular weight is 325 g/mol. The van der Waals surface area contributed by atoms with Crippen LogP contribution in [-0.2, 0) is 4.79 Å². The van der Waals surface area contributed by atoms with Crippen molar-refractivity contribution >= 4 is 16.9 Å². The highest BCUT2D eigenvalue weighted by molar-refractivity contribution is 5.77. The lowest BCUT2D eigenvalue weighted by Gasteiger charge is -2.32. The summed E-state index contributed by atoms with van der Waals surface area (Å²) in [5.41, 5.74) is 2.16. The first-order valence-electron chi connectivity index (χ1n) is 9.52. The number of hydrogen-bond donors (Lipinski definition) is 1. The number of para-hydroxylation sites is 2. The number of imidazole rings is 1. The van der Waals surface area contributed by atoms with Gasteiger partial charge in [0.2, 0.25) is 5.91 Å². The fourth-order valence-electron chi connectivity index (χ4n) is 4.34. The highest BCUT2D eigenvalue weighted by Gasteiger charge is 2.27. The van der Waals surface area contributed by atoms with E-state index in [1.165, 1.54) is 32.1 Å². The molecule has 1 amide bonds. The molecule has 1 aliphatic heterocycles. The van der Waals surface area contributed by atoms with Crippen molar-refractivity contribution in [2.45, 2.75) is 57.3 Å². The average Bonchev–Trinajstić information content (AvgIpc) is 3.07. The molecule has 0 radical (unpaired) electrons. The van der Waals surface area contributed by atoms with Crippen LogP contribution in [0.15, 0.2) is 24.3 Å². The molecule has 2 heterocycles. The van der Waals surface area contributed by atoms with Crippen molar-refractivity contribution in [2.75, 3.05) is 13.1 Å². The number of nitrogens with zero attached hydrogens (tertiary/aromatic N) is 2. The molecule has 128 valence electrons. The van der Waals surface area contributed by atoms with E-state index in [0.717, 1.165) is 49.2 Å². The number of rotatable bonds is 3. The Morgan fingerprint density at radius 2 is 1.83 bits per heavy atom. The standard InChI is InChI=1S/C20H27N3O/c24-19(14-15-6-2-1-3-7-15)23-12-10-16(11-13-23)20-21-17-8-4-5-9-18(17)22-20/h4-5,8-9,15-16H,1-3,6-7,10-14H2,(H,21,22). The first kappa shape index (κ1) is 15.7. The summed E-state index contributed by atoms with van der Waals surface area (Å²) < 4.78 is 0. The smallest absolute Gasteiger partial charge is 0.222 e. The van der Waals surface area contributed by atoms with Gasteiger partial charge < -0.3 is 9.88 Å². The van der Waals surface area contributed by atoms with Crippen LogP contribution in [-0.4, -0.2) is 33.9 Å². The van der Waals surface area contributed by atoms with E-state index in [1.807, 2.05) is 12.1 Å². The number of piperidine rings is 1. The van der Waals surface area contributed by atoms with E-state index in [0.29, 0.717) is 17.7 Å². The molecule has 4 heteroatoms. The normalized spacial score (nSPS) is 20.6. The van der Waals surface area contributed by atoms with Crippen molar-refractivity contribution in [1.29, 1.82) is 0 Å². The summed E-state index contributed by atoms with van der Waals surface area (Å²) in [7, 11) is 0. The summed E-state index contributed by atoms with van der Waals surface area (Å²) in [6.07, 6.45) is 9.30. The maximum atomic E-state index is 12.6. The van der Waals surface area contributed by atoms with Crippen molar-refractivity contribution in [3.05, 3.63) is 30.1 Å². The second kappa shape index (κ2) is 6.96. The SMILES string of the molecule is O=C(CC1CCCCC1)N1CCC(c2nc3ccccc3[nH]2)CC1. The topological polar surface area (TPSA) is 49.0 Å². The van der Waals surface area contributed by atoms with Crippen LogP contribution in [0, 0.1) is 5.92 Å². The van der Waals surface area contributed by atoms with Gasteiger partial charge >= 0.3 is 0 Å². The zero-order valence-corrected chi connectivity index (χ0v) is 14.3. The zero-order valence-electron chi connectivity index (χ0n) is 14.3. The maximum absolute atomic E-state index is 12.6. The summed E-state index contributed by atoms with van der Waals surface area (Å²) in [6, 6.07) is 8.20. The van der Waals surface area contributed by atoms with Gasteiger partial charge in [-0.3, -0.25) is 4.79 Å². The maximum Gasteiger partial charge on any atom is 0.222 e. The molecule has 1 aliphatic carbocycles. The third-order valence-electron chi connectivity index (χ3n) is 5.83. The van der Waals surface area contributed by atoms with Crippen LogP contribution >= 0.6 is 0 Å². The Morgan fingerprint density at radius 1 is 1.08 bits per heavy atom. The lowest BCUT2D eigenvalue weighted by molar-refractivity contribution is -0.133. The van der Waals surface area contributed by atoms with Crippen LogP contribution < -0.4 is 0 Å². The lowest BCUT2D eigenvalue weighted by atomic mass is 9.86. The highest BCUT2D eigenvalue weighted by atomic mass is 16.2. The molecule has 1 aromatic carbocycles. The monoisotopic (exact) mass is 325 g/mol. The number of carbonyl (C=O) groups is 1. The molecular weight excluding hydrogens is 298 g/mol. The molecule has 0 bridgehead atoms. The van der Waals surface area contributed by atoms with Gasteiger partial charge in [-0.2, -0.15) is 0 Å². The number of aromatic nitrogens is 2. The number of fused-ring (bicyclic) bond motifs is 1. The summed E-state index contributed by atoms with van der Waals surface area (Å²) >= 11 is 0. The molecule has 0 spiro atoms. The van der Waals surface area contributed by atoms with Crippen molar-refractivity contribution in [1.82, 2.24) is 14.9 Å². The van der Waals surface area contributed by atoms with E-state index in [-0.39, 0.29) is 0 Å². The van der Waals surface area contributed by atoms with Gasteiger partial charge in [0.15, 0.2) is 0 Å². The van der Waals surface area contributed by atoms with Gasteiger partial charge in [0.05, 0.1) is 11.0 Å². The Bertz CT molecular complexity index is 661. The van der Waals surface area contributed by atoms with Crippen molar-refractivity contribution in [2.24, 2.45) is 5.92 Å². The molecule has 2 aliphatic rings. The molecule has 2 aromatic rings. The number of aromatic amines is 1. The van der Waals surface area contributed by atoms with Gasteiger partial charge in [-0.1, -0.05) is 31.4 Å². The number of amides is 1. The quantitative estimate of drug-likeness (QED) is 0.917. The summed E-state index contributed by atoms with van der Waals surface area (Å²) in [5, 5.41) is 0. The van der Waals surface area contributed by atoms with Crippen LogP contribution in [0.1, 0.15) is 63.1 Å². The third kappa shape index (κ3) is 3.33. The van der Waals surface area contributed by atoms with Crippen LogP contribution in [0.4, 0.5) is 0 Å². The van der Waals surface area contributed by atoms with E-state index >= 15 is 0 Å². The number of hydrogen-bond acceptors (Lipinski definition) is 2. The van der Waals surface area contributed by atoms with Crippen LogP contribution in [0.2, 0.25) is 0 Å². The Labute approximate surface area is 143 Å². The van der Waals surface area contributed by atoms with E-state index in [9.17, 15) is 4.79 Å². The summed E-state index contributed by atoms with van der Waals surface area (Å²) in [6.45, 7) is 1.76. The number of carbonyl (C=O) groups excluding carboxylic acids is 1. The molecule has 1 aromatic heterocycles. The molecule has 0 atom stereocenters. The predicted molar refractivity (Wildman–Crippen MR) is 95.8 cm³/mol. The summed E-state index contributed by atoms with van der Waals surface area (Å²) in [4.78, 5) is 22.8. The van der Waals surface area contributed by atoms with E-state index in [1.54, 1.807) is 0 Å². The molecule has 24 heavy (non-hydrogen) atoms. The second-order valence-corrected chi connectivity index (χ2v) is 7.50. The van der Waals surface area contributed by atoms with Crippen LogP contribution in [0.25, 0.3) is 11.0 Å². The van der Waals surface area contributed by atoms with Gasteiger partial charge in [-0.25, -0.2) is 4.98 Å². The number of likely N-dealkylation sites (tertiary alicyclic amines) is 1. The van der Waals surface area contributed by atoms with E-state index in [4.69, 9.17) is 4.98 Å². The molecule has 1 N–H and O–H groups in total. The second-order valence-electron chi connectivity index (χ2n) is 7.50. The van der Waals surface area contributed by atoms with E-state index < -0.39 is 0 Å².